The maximum absolute atomic E-state index is 11.6. The molecule has 0 unspecified atom stereocenters. The van der Waals surface area contributed by atoms with Crippen LogP contribution < -0.4 is 0 Å². The zero-order chi connectivity index (χ0) is 40.9. The predicted molar refractivity (Wildman–Crippen MR) is 203 cm³/mol. The summed E-state index contributed by atoms with van der Waals surface area (Å²) in [6.45, 7) is 3.73. The number of hydrogen-bond acceptors (Lipinski definition) is 14. The van der Waals surface area contributed by atoms with Gasteiger partial charge in [0.25, 0.3) is 9.85 Å². The van der Waals surface area contributed by atoms with E-state index in [1.807, 2.05) is 13.8 Å². The Morgan fingerprint density at radius 3 is 1.25 bits per heavy atom. The monoisotopic (exact) mass is 940 g/mol. The molecular weight excluding hydrogens is 910 g/mol. The van der Waals surface area contributed by atoms with Crippen molar-refractivity contribution in [2.24, 2.45) is 20.5 Å². The summed E-state index contributed by atoms with van der Waals surface area (Å²) < 4.78 is 69.6. The second-order valence-electron chi connectivity index (χ2n) is 11.8. The summed E-state index contributed by atoms with van der Waals surface area (Å²) in [5, 5.41) is 55.0. The molecule has 0 spiro atoms. The van der Waals surface area contributed by atoms with Gasteiger partial charge in [0.2, 0.25) is 0 Å². The molecule has 18 nitrogen and oxygen atoms in total. The van der Waals surface area contributed by atoms with E-state index in [1.54, 1.807) is 24.3 Å². The average Bonchev–Trinajstić information content (AvgIpc) is 3.16. The Bertz CT molecular complexity index is 2640. The number of aryl methyl sites for hydroxylation is 2. The van der Waals surface area contributed by atoms with E-state index in [4.69, 9.17) is 0 Å². The molecule has 4 N–H and O–H groups in total. The van der Waals surface area contributed by atoms with Gasteiger partial charge < -0.3 is 19.3 Å². The van der Waals surface area contributed by atoms with Gasteiger partial charge in [-0.15, -0.1) is 20.5 Å². The van der Waals surface area contributed by atoms with Crippen molar-refractivity contribution in [1.29, 1.82) is 0 Å². The van der Waals surface area contributed by atoms with Crippen molar-refractivity contribution in [3.05, 3.63) is 118 Å². The zero-order valence-electron chi connectivity index (χ0n) is 29.9. The molecule has 0 aliphatic carbocycles. The maximum atomic E-state index is 11.6. The van der Waals surface area contributed by atoms with E-state index in [2.05, 4.69) is 20.5 Å². The van der Waals surface area contributed by atoms with Crippen LogP contribution in [0.4, 0.5) is 34.1 Å². The first kappa shape index (κ1) is 44.5. The summed E-state index contributed by atoms with van der Waals surface area (Å²) in [6, 6.07) is 22.7. The minimum Gasteiger partial charge on any atom is -0.744 e. The Kier molecular flexibility index (Phi) is 14.4. The van der Waals surface area contributed by atoms with Crippen molar-refractivity contribution >= 4 is 125 Å². The topological polar surface area (TPSA) is 285 Å². The van der Waals surface area contributed by atoms with E-state index in [0.29, 0.717) is 23.6 Å². The standard InChI is InChI=1S/2C18H15N3O6S.Ba/c2*1-2-11-6-8-13(14(10-11)21(23)24)19-20-18-15(22)9-7-12-4-3-5-16(17(12)18)28(25,26)27;/h2*3-10H,2H2,1H3,(H2-,19,22,23,24,25,26,27);/q;;+2. The van der Waals surface area contributed by atoms with Crippen LogP contribution in [-0.4, -0.2) is 105 Å². The number of aromatic hydroxyl groups is 2. The molecule has 0 heterocycles. The minimum atomic E-state index is -4.84. The number of azo groups is 2. The zero-order valence-corrected chi connectivity index (χ0v) is 36.0. The van der Waals surface area contributed by atoms with Crippen molar-refractivity contribution in [2.45, 2.75) is 36.5 Å². The minimum absolute atomic E-state index is 0. The number of nitrogens with zero attached hydrogens (tertiary/aromatic N) is 6. The normalized spacial score (nSPS) is 11.7. The molecule has 0 radical (unpaired) electrons. The first-order valence-electron chi connectivity index (χ1n) is 16.3. The van der Waals surface area contributed by atoms with Gasteiger partial charge in [0, 0.05) is 22.9 Å². The summed E-state index contributed by atoms with van der Waals surface area (Å²) >= 11 is 0. The van der Waals surface area contributed by atoms with Gasteiger partial charge in [-0.05, 0) is 71.1 Å². The van der Waals surface area contributed by atoms with E-state index in [1.165, 1.54) is 60.7 Å². The van der Waals surface area contributed by atoms with Crippen molar-refractivity contribution in [2.75, 3.05) is 0 Å². The Morgan fingerprint density at radius 2 is 0.930 bits per heavy atom. The molecule has 57 heavy (non-hydrogen) atoms. The number of benzene rings is 6. The molecule has 288 valence electrons. The van der Waals surface area contributed by atoms with E-state index in [-0.39, 0.29) is 104 Å². The maximum Gasteiger partial charge on any atom is 2.00 e. The van der Waals surface area contributed by atoms with E-state index < -0.39 is 41.5 Å². The first-order chi connectivity index (χ1) is 26.4. The third-order valence-corrected chi connectivity index (χ3v) is 10.0. The van der Waals surface area contributed by atoms with Gasteiger partial charge in [-0.25, -0.2) is 27.3 Å². The molecule has 0 atom stereocenters. The molecule has 0 saturated carbocycles. The second kappa shape index (κ2) is 18.4. The summed E-state index contributed by atoms with van der Waals surface area (Å²) in [7, 11) is -9.69. The Morgan fingerprint density at radius 1 is 0.561 bits per heavy atom. The van der Waals surface area contributed by atoms with Crippen LogP contribution in [0.3, 0.4) is 0 Å². The smallest absolute Gasteiger partial charge is 0.744 e. The summed E-state index contributed by atoms with van der Waals surface area (Å²) in [5.41, 5.74) is 0.719. The Labute approximate surface area is 364 Å². The SMILES string of the molecule is CCc1ccc(N=Nc2c(O)ccc3cccc(S(=O)(=O)[O-])c23)c([N+](=O)O)c1.CCc1ccc(N=Nc2c(O)ccc3cccc(S(=O)(=O)[O-])c23)c([N+](=O)O)c1.[Ba+2]. The quantitative estimate of drug-likeness (QED) is 0.0439. The van der Waals surface area contributed by atoms with Crippen molar-refractivity contribution < 1.29 is 56.4 Å². The third-order valence-electron chi connectivity index (χ3n) is 8.28. The van der Waals surface area contributed by atoms with E-state index in [9.17, 15) is 56.4 Å². The molecule has 6 aromatic carbocycles. The third kappa shape index (κ3) is 10.2. The van der Waals surface area contributed by atoms with Gasteiger partial charge in [-0.2, -0.15) is 0 Å². The molecule has 0 amide bonds. The fraction of sp³-hybridized carbons (Fsp3) is 0.111. The molecule has 21 heteroatoms. The number of fused-ring (bicyclic) bond motifs is 2. The molecule has 0 aliphatic rings. The van der Waals surface area contributed by atoms with Crippen molar-refractivity contribution in [1.82, 2.24) is 0 Å². The van der Waals surface area contributed by atoms with Gasteiger partial charge in [0.05, 0.1) is 19.6 Å². The molecule has 0 aromatic heterocycles. The summed E-state index contributed by atoms with van der Waals surface area (Å²) in [5.74, 6) is -0.802. The van der Waals surface area contributed by atoms with Crippen LogP contribution in [0.2, 0.25) is 0 Å². The van der Waals surface area contributed by atoms with Gasteiger partial charge >= 0.3 is 60.3 Å². The van der Waals surface area contributed by atoms with Crippen LogP contribution in [0.5, 0.6) is 11.5 Å². The van der Waals surface area contributed by atoms with Crippen molar-refractivity contribution in [3.63, 3.8) is 0 Å². The molecule has 6 rings (SSSR count). The van der Waals surface area contributed by atoms with Gasteiger partial charge in [0.15, 0.2) is 11.4 Å². The van der Waals surface area contributed by atoms with Gasteiger partial charge in [0.1, 0.15) is 43.1 Å². The molecule has 0 bridgehead atoms. The van der Waals surface area contributed by atoms with Crippen LogP contribution in [0.15, 0.2) is 127 Å². The molecule has 6 aromatic rings. The van der Waals surface area contributed by atoms with E-state index in [0.717, 1.165) is 23.3 Å². The Hall–Kier alpha value is -5.17. The van der Waals surface area contributed by atoms with Crippen LogP contribution in [0, 0.1) is 9.81 Å². The average molecular weight is 940 g/mol. The van der Waals surface area contributed by atoms with Crippen LogP contribution in [0.25, 0.3) is 21.5 Å². The predicted octanol–water partition coefficient (Wildman–Crippen LogP) is 8.07. The second-order valence-corrected chi connectivity index (χ2v) is 14.5. The summed E-state index contributed by atoms with van der Waals surface area (Å²) in [4.78, 5) is 21.0. The van der Waals surface area contributed by atoms with Gasteiger partial charge in [-0.3, -0.25) is 0 Å². The molecule has 0 fully saturated rings. The van der Waals surface area contributed by atoms with Crippen molar-refractivity contribution in [3.8, 4) is 11.5 Å². The Balaban J connectivity index is 0.000000248. The molecule has 0 aliphatic heterocycles. The van der Waals surface area contributed by atoms with Crippen LogP contribution in [0.1, 0.15) is 25.0 Å². The number of rotatable bonds is 10. The van der Waals surface area contributed by atoms with Gasteiger partial charge in [-0.1, -0.05) is 62.4 Å². The number of phenols is 2. The first-order valence-corrected chi connectivity index (χ1v) is 19.1. The molecule has 0 saturated heterocycles. The number of hydrogen-bond donors (Lipinski definition) is 4. The summed E-state index contributed by atoms with van der Waals surface area (Å²) in [6.07, 6.45) is 1.24. The fourth-order valence-electron chi connectivity index (χ4n) is 5.51. The van der Waals surface area contributed by atoms with Crippen LogP contribution in [-0.2, 0) is 33.1 Å². The molecular formula is C36H30BaN6O12S2+2. The fourth-order valence-corrected chi connectivity index (χ4v) is 6.93. The largest absolute Gasteiger partial charge is 2.00 e. The number of phenolic OH excluding ortho intramolecular Hbond substituents is 2. The van der Waals surface area contributed by atoms with E-state index >= 15 is 0 Å². The van der Waals surface area contributed by atoms with Crippen LogP contribution >= 0.6 is 0 Å².